The van der Waals surface area contributed by atoms with E-state index in [4.69, 9.17) is 22.9 Å². The normalized spacial score (nSPS) is 22.8. The van der Waals surface area contributed by atoms with Crippen LogP contribution in [0, 0.1) is 12.0 Å². The van der Waals surface area contributed by atoms with Gasteiger partial charge < -0.3 is 19.4 Å². The van der Waals surface area contributed by atoms with Crippen molar-refractivity contribution in [2.24, 2.45) is 5.41 Å². The van der Waals surface area contributed by atoms with Gasteiger partial charge in [0, 0.05) is 88.9 Å². The molecule has 1 aliphatic carbocycles. The average molecular weight is 804 g/mol. The van der Waals surface area contributed by atoms with Crippen LogP contribution in [0.15, 0.2) is 60.7 Å². The number of likely N-dealkylation sites (tertiary alicyclic amines) is 1. The molecule has 0 radical (unpaired) electrons. The molecule has 13 nitrogen and oxygen atoms in total. The van der Waals surface area contributed by atoms with Crippen LogP contribution in [0.3, 0.4) is 0 Å². The molecule has 3 aromatic carbocycles. The largest absolute Gasteiger partial charge is 0.490 e. The SMILES string of the molecule is [C-]#[N+]c1ccc(OC2CCN(C(=O)c3ccc(N4CCN(C5CC6(CCN(c7cccc8c7C(=O)N(C7CCC(=O)NC7=O)C8=O)CC6)C5)CC4)cc3)CC2)cc1Cl. The number of nitrogens with one attached hydrogen (secondary N) is 1. The number of carbonyl (C=O) groups excluding carboxylic acids is 5. The quantitative estimate of drug-likeness (QED) is 0.242. The van der Waals surface area contributed by atoms with Gasteiger partial charge in [-0.25, -0.2) is 4.85 Å². The Kier molecular flexibility index (Phi) is 10.1. The number of benzene rings is 3. The maximum Gasteiger partial charge on any atom is 0.264 e. The lowest BCUT2D eigenvalue weighted by Crippen LogP contribution is -2.59. The third-order valence-corrected chi connectivity index (χ3v) is 13.6. The number of imide groups is 2. The van der Waals surface area contributed by atoms with Crippen molar-refractivity contribution in [3.63, 3.8) is 0 Å². The number of nitrogens with zero attached hydrogens (tertiary/aromatic N) is 6. The minimum absolute atomic E-state index is 0.00989. The van der Waals surface area contributed by atoms with E-state index in [-0.39, 0.29) is 30.8 Å². The Morgan fingerprint density at radius 3 is 2.22 bits per heavy atom. The van der Waals surface area contributed by atoms with Crippen LogP contribution >= 0.6 is 11.6 Å². The Morgan fingerprint density at radius 1 is 0.828 bits per heavy atom. The van der Waals surface area contributed by atoms with Gasteiger partial charge in [0.2, 0.25) is 17.5 Å². The standard InChI is InChI=1S/C44H46ClN7O6/c1-46-35-10-9-32(25-34(35)45)58-31-13-17-51(18-14-31)41(55)28-5-7-29(8-6-28)48-21-23-49(24-22-48)30-26-44(27-30)15-19-50(20-16-44)36-4-2-3-33-39(36)43(57)52(42(33)56)37-11-12-38(53)47-40(37)54/h2-10,25,30-31,37H,11-24,26-27H2,(H,47,53,54). The topological polar surface area (TPSA) is 127 Å². The molecule has 0 bridgehead atoms. The van der Waals surface area contributed by atoms with Crippen LogP contribution in [0.4, 0.5) is 17.1 Å². The highest BCUT2D eigenvalue weighted by Crippen LogP contribution is 2.52. The molecule has 1 saturated carbocycles. The second kappa shape index (κ2) is 15.4. The summed E-state index contributed by atoms with van der Waals surface area (Å²) in [6, 6.07) is 18.1. The zero-order chi connectivity index (χ0) is 40.1. The van der Waals surface area contributed by atoms with E-state index in [0.717, 1.165) is 81.2 Å². The van der Waals surface area contributed by atoms with Gasteiger partial charge in [-0.1, -0.05) is 23.7 Å². The van der Waals surface area contributed by atoms with E-state index in [1.54, 1.807) is 24.3 Å². The Morgan fingerprint density at radius 2 is 1.55 bits per heavy atom. The maximum atomic E-state index is 13.7. The summed E-state index contributed by atoms with van der Waals surface area (Å²) in [5.74, 6) is -1.22. The van der Waals surface area contributed by atoms with Crippen molar-refractivity contribution in [2.75, 3.05) is 62.2 Å². The van der Waals surface area contributed by atoms with Crippen molar-refractivity contribution in [2.45, 2.75) is 69.6 Å². The number of fused-ring (bicyclic) bond motifs is 1. The van der Waals surface area contributed by atoms with E-state index in [1.165, 1.54) is 12.8 Å². The van der Waals surface area contributed by atoms with Crippen molar-refractivity contribution in [3.8, 4) is 5.75 Å². The molecule has 14 heteroatoms. The summed E-state index contributed by atoms with van der Waals surface area (Å²) in [5, 5.41) is 2.65. The minimum Gasteiger partial charge on any atom is -0.490 e. The number of ether oxygens (including phenoxy) is 1. The van der Waals surface area contributed by atoms with E-state index in [1.807, 2.05) is 29.2 Å². The predicted molar refractivity (Wildman–Crippen MR) is 218 cm³/mol. The van der Waals surface area contributed by atoms with Crippen LogP contribution in [0.5, 0.6) is 5.75 Å². The molecule has 0 aromatic heterocycles. The smallest absolute Gasteiger partial charge is 0.264 e. The second-order valence-electron chi connectivity index (χ2n) is 16.6. The van der Waals surface area contributed by atoms with Gasteiger partial charge in [0.25, 0.3) is 17.7 Å². The fourth-order valence-electron chi connectivity index (χ4n) is 9.95. The lowest BCUT2D eigenvalue weighted by Gasteiger charge is -2.56. The lowest BCUT2D eigenvalue weighted by atomic mass is 9.60. The Hall–Kier alpha value is -5.45. The van der Waals surface area contributed by atoms with Gasteiger partial charge >= 0.3 is 0 Å². The van der Waals surface area contributed by atoms with E-state index >= 15 is 0 Å². The molecule has 4 saturated heterocycles. The van der Waals surface area contributed by atoms with Crippen LogP contribution in [-0.2, 0) is 9.59 Å². The maximum absolute atomic E-state index is 13.7. The summed E-state index contributed by atoms with van der Waals surface area (Å²) in [5.41, 5.74) is 3.97. The first-order chi connectivity index (χ1) is 28.1. The fraction of sp³-hybridized carbons (Fsp3) is 0.455. The first-order valence-electron chi connectivity index (χ1n) is 20.4. The molecule has 3 aromatic rings. The van der Waals surface area contributed by atoms with Crippen LogP contribution < -0.4 is 19.9 Å². The molecule has 1 atom stereocenters. The number of rotatable bonds is 7. The molecule has 9 rings (SSSR count). The molecule has 5 heterocycles. The predicted octanol–water partition coefficient (Wildman–Crippen LogP) is 5.55. The summed E-state index contributed by atoms with van der Waals surface area (Å²) < 4.78 is 6.10. The molecule has 58 heavy (non-hydrogen) atoms. The van der Waals surface area contributed by atoms with Gasteiger partial charge in [-0.15, -0.1) is 0 Å². The second-order valence-corrected chi connectivity index (χ2v) is 17.0. The first kappa shape index (κ1) is 38.1. The number of amides is 5. The Labute approximate surface area is 342 Å². The zero-order valence-electron chi connectivity index (χ0n) is 32.3. The van der Waals surface area contributed by atoms with Crippen LogP contribution in [0.1, 0.15) is 82.4 Å². The monoisotopic (exact) mass is 803 g/mol. The van der Waals surface area contributed by atoms with E-state index in [2.05, 4.69) is 37.0 Å². The molecule has 1 N–H and O–H groups in total. The number of piperidine rings is 3. The summed E-state index contributed by atoms with van der Waals surface area (Å²) in [4.78, 5) is 78.3. The number of carbonyl (C=O) groups is 5. The van der Waals surface area contributed by atoms with E-state index in [0.29, 0.717) is 57.7 Å². The van der Waals surface area contributed by atoms with Crippen LogP contribution in [-0.4, -0.2) is 115 Å². The van der Waals surface area contributed by atoms with Crippen molar-refractivity contribution in [1.82, 2.24) is 20.0 Å². The number of anilines is 2. The van der Waals surface area contributed by atoms with Crippen molar-refractivity contribution >= 4 is 58.2 Å². The highest BCUT2D eigenvalue weighted by Gasteiger charge is 2.50. The molecule has 5 amide bonds. The number of hydrogen-bond acceptors (Lipinski definition) is 9. The van der Waals surface area contributed by atoms with Crippen molar-refractivity contribution < 1.29 is 28.7 Å². The van der Waals surface area contributed by atoms with E-state index in [9.17, 15) is 24.0 Å². The van der Waals surface area contributed by atoms with Gasteiger partial charge in [0.15, 0.2) is 0 Å². The molecule has 1 spiro atoms. The molecular weight excluding hydrogens is 758 g/mol. The Balaban J connectivity index is 0.726. The molecule has 5 fully saturated rings. The molecule has 1 unspecified atom stereocenters. The molecule has 300 valence electrons. The number of halogens is 1. The van der Waals surface area contributed by atoms with Crippen LogP contribution in [0.2, 0.25) is 5.02 Å². The van der Waals surface area contributed by atoms with Crippen molar-refractivity contribution in [1.29, 1.82) is 0 Å². The van der Waals surface area contributed by atoms with Gasteiger partial charge in [-0.3, -0.25) is 39.1 Å². The third-order valence-electron chi connectivity index (χ3n) is 13.3. The summed E-state index contributed by atoms with van der Waals surface area (Å²) >= 11 is 6.17. The Bertz CT molecular complexity index is 2190. The van der Waals surface area contributed by atoms with Crippen molar-refractivity contribution in [3.05, 3.63) is 93.8 Å². The van der Waals surface area contributed by atoms with Gasteiger partial charge in [-0.05, 0) is 86.1 Å². The highest BCUT2D eigenvalue weighted by atomic mass is 35.5. The van der Waals surface area contributed by atoms with Gasteiger partial charge in [0.05, 0.1) is 28.4 Å². The zero-order valence-corrected chi connectivity index (χ0v) is 33.1. The first-order valence-corrected chi connectivity index (χ1v) is 20.8. The van der Waals surface area contributed by atoms with E-state index < -0.39 is 23.8 Å². The van der Waals surface area contributed by atoms with Gasteiger partial charge in [-0.2, -0.15) is 0 Å². The minimum atomic E-state index is -0.973. The third kappa shape index (κ3) is 7.06. The molecule has 5 aliphatic heterocycles. The number of hydrogen-bond donors (Lipinski definition) is 1. The molecule has 6 aliphatic rings. The lowest BCUT2D eigenvalue weighted by molar-refractivity contribution is -0.136. The van der Waals surface area contributed by atoms with Crippen LogP contribution in [0.25, 0.3) is 4.85 Å². The fourth-order valence-corrected chi connectivity index (χ4v) is 10.2. The average Bonchev–Trinajstić information content (AvgIpc) is 3.49. The number of piperazine rings is 1. The summed E-state index contributed by atoms with van der Waals surface area (Å²) in [6.07, 6.45) is 6.07. The molecular formula is C44H46ClN7O6. The highest BCUT2D eigenvalue weighted by molar-refractivity contribution is 6.33. The summed E-state index contributed by atoms with van der Waals surface area (Å²) in [6.45, 7) is 13.9. The summed E-state index contributed by atoms with van der Waals surface area (Å²) in [7, 11) is 0. The van der Waals surface area contributed by atoms with Gasteiger partial charge in [0.1, 0.15) is 17.9 Å².